The van der Waals surface area contributed by atoms with E-state index in [1.165, 1.54) is 31.4 Å². The highest BCUT2D eigenvalue weighted by molar-refractivity contribution is 5.83. The lowest BCUT2D eigenvalue weighted by atomic mass is 9.93. The van der Waals surface area contributed by atoms with Gasteiger partial charge in [-0.2, -0.15) is 26.3 Å². The van der Waals surface area contributed by atoms with Gasteiger partial charge in [-0.1, -0.05) is 31.4 Å². The van der Waals surface area contributed by atoms with E-state index in [2.05, 4.69) is 10.2 Å². The number of hydrogen-bond acceptors (Lipinski definition) is 4. The Hall–Kier alpha value is -2.79. The van der Waals surface area contributed by atoms with Gasteiger partial charge in [0.05, 0.1) is 11.1 Å². The van der Waals surface area contributed by atoms with Crippen molar-refractivity contribution in [1.29, 1.82) is 0 Å². The van der Waals surface area contributed by atoms with E-state index in [0.29, 0.717) is 36.8 Å². The lowest BCUT2D eigenvalue weighted by molar-refractivity contribution is -0.143. The van der Waals surface area contributed by atoms with Gasteiger partial charge in [-0.15, -0.1) is 0 Å². The number of amides is 1. The number of benzene rings is 2. The molecule has 1 unspecified atom stereocenters. The zero-order valence-corrected chi connectivity index (χ0v) is 20.8. The van der Waals surface area contributed by atoms with Crippen molar-refractivity contribution in [3.63, 3.8) is 0 Å². The Bertz CT molecular complexity index is 1060. The molecular formula is C27H31F6N3O2. The Balaban J connectivity index is 1.51. The predicted molar refractivity (Wildman–Crippen MR) is 129 cm³/mol. The highest BCUT2D eigenvalue weighted by atomic mass is 19.4. The fourth-order valence-corrected chi connectivity index (χ4v) is 5.40. The van der Waals surface area contributed by atoms with Crippen LogP contribution in [0, 0.1) is 0 Å². The van der Waals surface area contributed by atoms with Gasteiger partial charge >= 0.3 is 12.4 Å². The van der Waals surface area contributed by atoms with E-state index in [1.54, 1.807) is 12.1 Å². The molecular weight excluding hydrogens is 512 g/mol. The number of phenols is 1. The lowest BCUT2D eigenvalue weighted by Gasteiger charge is -2.43. The largest absolute Gasteiger partial charge is 0.508 e. The second-order valence-electron chi connectivity index (χ2n) is 9.99. The molecule has 208 valence electrons. The zero-order valence-electron chi connectivity index (χ0n) is 20.8. The normalized spacial score (nSPS) is 19.3. The van der Waals surface area contributed by atoms with Crippen LogP contribution in [0.15, 0.2) is 42.5 Å². The number of nitrogens with one attached hydrogen (secondary N) is 1. The molecule has 5 nitrogen and oxygen atoms in total. The second kappa shape index (κ2) is 11.5. The van der Waals surface area contributed by atoms with Crippen LogP contribution in [-0.4, -0.2) is 53.0 Å². The Morgan fingerprint density at radius 2 is 1.42 bits per heavy atom. The summed E-state index contributed by atoms with van der Waals surface area (Å²) < 4.78 is 79.4. The molecule has 11 heteroatoms. The number of carbonyl (C=O) groups excluding carboxylic acids is 1. The van der Waals surface area contributed by atoms with Crippen molar-refractivity contribution in [2.45, 2.75) is 63.1 Å². The standard InChI is InChI=1S/C27H31F6N3O2/c28-26(29,30)20-14-18(15-21(16-20)27(31,32)33)17-34-25(38)24(19-6-8-23(37)9-7-19)36-12-10-35(11-13-36)22-4-2-1-3-5-22/h6-9,14-16,22,24,37H,1-5,10-13,17H2,(H,34,38). The van der Waals surface area contributed by atoms with E-state index in [0.717, 1.165) is 25.9 Å². The first-order valence-electron chi connectivity index (χ1n) is 12.7. The van der Waals surface area contributed by atoms with E-state index in [1.807, 2.05) is 4.90 Å². The smallest absolute Gasteiger partial charge is 0.416 e. The molecule has 1 aliphatic carbocycles. The number of carbonyl (C=O) groups is 1. The highest BCUT2D eigenvalue weighted by Gasteiger charge is 2.37. The van der Waals surface area contributed by atoms with Gasteiger partial charge in [0.25, 0.3) is 0 Å². The first-order chi connectivity index (χ1) is 17.9. The molecule has 1 saturated carbocycles. The number of phenolic OH excluding ortho intramolecular Hbond substituents is 1. The van der Waals surface area contributed by atoms with Crippen LogP contribution in [0.3, 0.4) is 0 Å². The zero-order chi connectivity index (χ0) is 27.5. The molecule has 2 fully saturated rings. The first kappa shape index (κ1) is 28.2. The molecule has 4 rings (SSSR count). The summed E-state index contributed by atoms with van der Waals surface area (Å²) in [5.41, 5.74) is -2.57. The summed E-state index contributed by atoms with van der Waals surface area (Å²) in [7, 11) is 0. The minimum atomic E-state index is -4.97. The number of aromatic hydroxyl groups is 1. The van der Waals surface area contributed by atoms with Gasteiger partial charge in [-0.3, -0.25) is 14.6 Å². The maximum Gasteiger partial charge on any atom is 0.416 e. The quantitative estimate of drug-likeness (QED) is 0.457. The van der Waals surface area contributed by atoms with Crippen molar-refractivity contribution in [3.8, 4) is 5.75 Å². The van der Waals surface area contributed by atoms with Crippen LogP contribution in [0.2, 0.25) is 0 Å². The van der Waals surface area contributed by atoms with Crippen molar-refractivity contribution in [2.75, 3.05) is 26.2 Å². The average molecular weight is 544 g/mol. The van der Waals surface area contributed by atoms with Gasteiger partial charge in [-0.25, -0.2) is 0 Å². The van der Waals surface area contributed by atoms with Crippen molar-refractivity contribution in [3.05, 3.63) is 64.7 Å². The molecule has 1 atom stereocenters. The van der Waals surface area contributed by atoms with Gasteiger partial charge in [0.1, 0.15) is 11.8 Å². The number of halogens is 6. The molecule has 1 amide bonds. The van der Waals surface area contributed by atoms with E-state index >= 15 is 0 Å². The molecule has 0 bridgehead atoms. The van der Waals surface area contributed by atoms with Crippen molar-refractivity contribution < 1.29 is 36.2 Å². The molecule has 2 aliphatic rings. The van der Waals surface area contributed by atoms with Gasteiger partial charge in [-0.05, 0) is 54.3 Å². The minimum absolute atomic E-state index is 0.0127. The van der Waals surface area contributed by atoms with Crippen LogP contribution in [0.4, 0.5) is 26.3 Å². The number of rotatable bonds is 6. The number of piperazine rings is 1. The van der Waals surface area contributed by atoms with Crippen molar-refractivity contribution in [1.82, 2.24) is 15.1 Å². The van der Waals surface area contributed by atoms with Crippen LogP contribution < -0.4 is 5.32 Å². The summed E-state index contributed by atoms with van der Waals surface area (Å²) >= 11 is 0. The van der Waals surface area contributed by atoms with Crippen LogP contribution in [0.25, 0.3) is 0 Å². The SMILES string of the molecule is O=C(NCc1cc(C(F)(F)F)cc(C(F)(F)F)c1)C(c1ccc(O)cc1)N1CCN(C2CCCCC2)CC1. The predicted octanol–water partition coefficient (Wildman–Crippen LogP) is 5.74. The number of alkyl halides is 6. The minimum Gasteiger partial charge on any atom is -0.508 e. The monoisotopic (exact) mass is 543 g/mol. The summed E-state index contributed by atoms with van der Waals surface area (Å²) in [6.07, 6.45) is -3.98. The van der Waals surface area contributed by atoms with Gasteiger partial charge < -0.3 is 10.4 Å². The van der Waals surface area contributed by atoms with Crippen molar-refractivity contribution >= 4 is 5.91 Å². The molecule has 1 heterocycles. The van der Waals surface area contributed by atoms with E-state index in [4.69, 9.17) is 0 Å². The molecule has 0 radical (unpaired) electrons. The Morgan fingerprint density at radius 3 is 1.95 bits per heavy atom. The van der Waals surface area contributed by atoms with E-state index < -0.39 is 42.0 Å². The van der Waals surface area contributed by atoms with E-state index in [-0.39, 0.29) is 17.4 Å². The van der Waals surface area contributed by atoms with Gasteiger partial charge in [0.15, 0.2) is 0 Å². The van der Waals surface area contributed by atoms with Gasteiger partial charge in [0, 0.05) is 38.8 Å². The molecule has 0 spiro atoms. The van der Waals surface area contributed by atoms with Crippen LogP contribution in [-0.2, 0) is 23.7 Å². The van der Waals surface area contributed by atoms with Crippen molar-refractivity contribution in [2.24, 2.45) is 0 Å². The van der Waals surface area contributed by atoms with Crippen LogP contribution >= 0.6 is 0 Å². The summed E-state index contributed by atoms with van der Waals surface area (Å²) in [6, 6.07) is 7.09. The summed E-state index contributed by atoms with van der Waals surface area (Å²) in [4.78, 5) is 17.8. The average Bonchev–Trinajstić information content (AvgIpc) is 2.88. The number of hydrogen-bond donors (Lipinski definition) is 2. The third-order valence-electron chi connectivity index (χ3n) is 7.38. The molecule has 2 aromatic carbocycles. The molecule has 1 saturated heterocycles. The van der Waals surface area contributed by atoms with Gasteiger partial charge in [0.2, 0.25) is 5.91 Å². The third kappa shape index (κ3) is 6.99. The highest BCUT2D eigenvalue weighted by Crippen LogP contribution is 2.36. The summed E-state index contributed by atoms with van der Waals surface area (Å²) in [6.45, 7) is 2.18. The molecule has 0 aromatic heterocycles. The molecule has 38 heavy (non-hydrogen) atoms. The Labute approximate surface area is 217 Å². The Morgan fingerprint density at radius 1 is 0.868 bits per heavy atom. The Kier molecular flexibility index (Phi) is 8.56. The third-order valence-corrected chi connectivity index (χ3v) is 7.38. The maximum atomic E-state index is 13.4. The molecule has 2 aromatic rings. The van der Waals surface area contributed by atoms with Crippen LogP contribution in [0.1, 0.15) is 60.4 Å². The maximum absolute atomic E-state index is 13.4. The van der Waals surface area contributed by atoms with E-state index in [9.17, 15) is 36.2 Å². The summed E-state index contributed by atoms with van der Waals surface area (Å²) in [5.74, 6) is -0.522. The fourth-order valence-electron chi connectivity index (χ4n) is 5.40. The first-order valence-corrected chi connectivity index (χ1v) is 12.7. The second-order valence-corrected chi connectivity index (χ2v) is 9.99. The number of nitrogens with zero attached hydrogens (tertiary/aromatic N) is 2. The van der Waals surface area contributed by atoms with Crippen LogP contribution in [0.5, 0.6) is 5.75 Å². The lowest BCUT2D eigenvalue weighted by Crippen LogP contribution is -2.53. The summed E-state index contributed by atoms with van der Waals surface area (Å²) in [5, 5.41) is 12.2. The molecule has 1 aliphatic heterocycles. The topological polar surface area (TPSA) is 55.8 Å². The molecule has 2 N–H and O–H groups in total. The fraction of sp³-hybridized carbons (Fsp3) is 0.519.